The van der Waals surface area contributed by atoms with Crippen LogP contribution in [0.15, 0.2) is 0 Å². The van der Waals surface area contributed by atoms with Gasteiger partial charge >= 0.3 is 0 Å². The average Bonchev–Trinajstić information content (AvgIpc) is 2.20. The van der Waals surface area contributed by atoms with Crippen molar-refractivity contribution in [1.29, 1.82) is 0 Å². The first-order valence-electron chi connectivity index (χ1n) is 6.75. The van der Waals surface area contributed by atoms with Crippen LogP contribution in [0.3, 0.4) is 0 Å². The zero-order valence-corrected chi connectivity index (χ0v) is 12.8. The summed E-state index contributed by atoms with van der Waals surface area (Å²) in [7, 11) is 1.76. The van der Waals surface area contributed by atoms with Gasteiger partial charge < -0.3 is 10.5 Å². The molecule has 0 aromatic carbocycles. The lowest BCUT2D eigenvalue weighted by Crippen LogP contribution is -2.57. The molecule has 3 atom stereocenters. The van der Waals surface area contributed by atoms with Crippen molar-refractivity contribution in [3.8, 4) is 0 Å². The molecule has 0 spiro atoms. The second kappa shape index (κ2) is 7.34. The highest BCUT2D eigenvalue weighted by Crippen LogP contribution is 2.28. The Morgan fingerprint density at radius 2 is 1.76 bits per heavy atom. The molecule has 0 amide bonds. The third-order valence-corrected chi connectivity index (χ3v) is 3.45. The molecule has 0 aliphatic carbocycles. The summed E-state index contributed by atoms with van der Waals surface area (Å²) in [6.07, 6.45) is 1.14. The Labute approximate surface area is 108 Å². The Balaban J connectivity index is 4.94. The molecule has 0 saturated heterocycles. The average molecular weight is 244 g/mol. The summed E-state index contributed by atoms with van der Waals surface area (Å²) in [6.45, 7) is 15.1. The molecule has 0 aromatic heterocycles. The summed E-state index contributed by atoms with van der Waals surface area (Å²) in [5.41, 5.74) is 6.39. The molecule has 3 heteroatoms. The highest BCUT2D eigenvalue weighted by Gasteiger charge is 2.34. The monoisotopic (exact) mass is 244 g/mol. The molecule has 0 heterocycles. The predicted octanol–water partition coefficient (Wildman–Crippen LogP) is 2.50. The first-order valence-corrected chi connectivity index (χ1v) is 6.75. The smallest absolute Gasteiger partial charge is 0.0589 e. The number of hydrogen-bond donors (Lipinski definition) is 1. The van der Waals surface area contributed by atoms with Gasteiger partial charge in [-0.3, -0.25) is 4.90 Å². The Morgan fingerprint density at radius 1 is 1.24 bits per heavy atom. The van der Waals surface area contributed by atoms with Gasteiger partial charge in [-0.15, -0.1) is 0 Å². The summed E-state index contributed by atoms with van der Waals surface area (Å²) in [5.74, 6) is 0. The van der Waals surface area contributed by atoms with E-state index in [1.807, 2.05) is 0 Å². The summed E-state index contributed by atoms with van der Waals surface area (Å²) < 4.78 is 5.23. The van der Waals surface area contributed by atoms with Gasteiger partial charge in [0.05, 0.1) is 6.61 Å². The van der Waals surface area contributed by atoms with E-state index in [1.54, 1.807) is 7.11 Å². The Morgan fingerprint density at radius 3 is 2.06 bits per heavy atom. The molecule has 0 bridgehead atoms. The number of ether oxygens (including phenoxy) is 1. The summed E-state index contributed by atoms with van der Waals surface area (Å²) in [5, 5.41) is 0. The molecule has 104 valence electrons. The summed E-state index contributed by atoms with van der Waals surface area (Å²) >= 11 is 0. The zero-order chi connectivity index (χ0) is 13.6. The lowest BCUT2D eigenvalue weighted by atomic mass is 9.81. The molecular formula is C14H32N2O. The van der Waals surface area contributed by atoms with Gasteiger partial charge in [-0.05, 0) is 25.7 Å². The quantitative estimate of drug-likeness (QED) is 0.748. The Kier molecular flexibility index (Phi) is 7.29. The predicted molar refractivity (Wildman–Crippen MR) is 75.2 cm³/mol. The minimum atomic E-state index is 0.167. The Hall–Kier alpha value is -0.120. The van der Waals surface area contributed by atoms with E-state index in [2.05, 4.69) is 46.4 Å². The van der Waals surface area contributed by atoms with Crippen molar-refractivity contribution in [3.05, 3.63) is 0 Å². The first kappa shape index (κ1) is 16.9. The lowest BCUT2D eigenvalue weighted by molar-refractivity contribution is 0.0266. The highest BCUT2D eigenvalue weighted by atomic mass is 16.5. The lowest BCUT2D eigenvalue weighted by Gasteiger charge is -2.45. The number of nitrogens with zero attached hydrogens (tertiary/aromatic N) is 1. The number of methoxy groups -OCH3 is 1. The van der Waals surface area contributed by atoms with Crippen LogP contribution in [-0.4, -0.2) is 43.3 Å². The molecule has 0 aliphatic rings. The molecule has 0 aliphatic heterocycles. The first-order chi connectivity index (χ1) is 7.75. The molecular weight excluding hydrogens is 212 g/mol. The molecule has 3 nitrogen and oxygen atoms in total. The number of hydrogen-bond acceptors (Lipinski definition) is 3. The second-order valence-corrected chi connectivity index (χ2v) is 6.16. The van der Waals surface area contributed by atoms with Crippen LogP contribution in [0.5, 0.6) is 0 Å². The van der Waals surface area contributed by atoms with Gasteiger partial charge in [0.2, 0.25) is 0 Å². The van der Waals surface area contributed by atoms with Crippen LogP contribution in [0.25, 0.3) is 0 Å². The van der Waals surface area contributed by atoms with E-state index < -0.39 is 0 Å². The molecule has 0 saturated carbocycles. The summed E-state index contributed by atoms with van der Waals surface area (Å²) in [6, 6.07) is 1.09. The third kappa shape index (κ3) is 5.36. The van der Waals surface area contributed by atoms with Crippen molar-refractivity contribution in [2.24, 2.45) is 11.1 Å². The number of nitrogens with two attached hydrogens (primary N) is 1. The van der Waals surface area contributed by atoms with Crippen LogP contribution in [0, 0.1) is 5.41 Å². The van der Waals surface area contributed by atoms with Crippen molar-refractivity contribution in [3.63, 3.8) is 0 Å². The van der Waals surface area contributed by atoms with E-state index in [0.29, 0.717) is 12.1 Å². The van der Waals surface area contributed by atoms with Crippen LogP contribution in [0.2, 0.25) is 0 Å². The summed E-state index contributed by atoms with van der Waals surface area (Å²) in [4.78, 5) is 2.51. The van der Waals surface area contributed by atoms with Gasteiger partial charge in [0.25, 0.3) is 0 Å². The SMILES string of the molecule is CCC(C)N(CCOC)C(C(C)N)C(C)(C)C. The van der Waals surface area contributed by atoms with Gasteiger partial charge in [-0.25, -0.2) is 0 Å². The van der Waals surface area contributed by atoms with Crippen molar-refractivity contribution in [2.45, 2.75) is 66.1 Å². The molecule has 0 rings (SSSR count). The molecule has 17 heavy (non-hydrogen) atoms. The van der Waals surface area contributed by atoms with Crippen molar-refractivity contribution >= 4 is 0 Å². The molecule has 0 aromatic rings. The maximum atomic E-state index is 6.21. The standard InChI is InChI=1S/C14H32N2O/c1-8-11(2)16(9-10-17-7)13(12(3)15)14(4,5)6/h11-13H,8-10,15H2,1-7H3. The van der Waals surface area contributed by atoms with Gasteiger partial charge in [-0.1, -0.05) is 27.7 Å². The van der Waals surface area contributed by atoms with E-state index in [9.17, 15) is 0 Å². The number of rotatable bonds is 7. The largest absolute Gasteiger partial charge is 0.383 e. The molecule has 2 N–H and O–H groups in total. The highest BCUT2D eigenvalue weighted by molar-refractivity contribution is 4.91. The zero-order valence-electron chi connectivity index (χ0n) is 12.8. The van der Waals surface area contributed by atoms with E-state index in [1.165, 1.54) is 0 Å². The van der Waals surface area contributed by atoms with E-state index in [-0.39, 0.29) is 11.5 Å². The van der Waals surface area contributed by atoms with Crippen LogP contribution < -0.4 is 5.73 Å². The van der Waals surface area contributed by atoms with E-state index >= 15 is 0 Å². The fourth-order valence-electron chi connectivity index (χ4n) is 2.65. The van der Waals surface area contributed by atoms with Gasteiger partial charge in [0.1, 0.15) is 0 Å². The second-order valence-electron chi connectivity index (χ2n) is 6.16. The fourth-order valence-corrected chi connectivity index (χ4v) is 2.65. The Bertz CT molecular complexity index is 199. The minimum Gasteiger partial charge on any atom is -0.383 e. The van der Waals surface area contributed by atoms with Gasteiger partial charge in [-0.2, -0.15) is 0 Å². The molecule has 3 unspecified atom stereocenters. The van der Waals surface area contributed by atoms with E-state index in [4.69, 9.17) is 10.5 Å². The van der Waals surface area contributed by atoms with Crippen LogP contribution in [0.4, 0.5) is 0 Å². The van der Waals surface area contributed by atoms with Gasteiger partial charge in [0, 0.05) is 31.8 Å². The van der Waals surface area contributed by atoms with Crippen LogP contribution in [0.1, 0.15) is 48.0 Å². The third-order valence-electron chi connectivity index (χ3n) is 3.45. The van der Waals surface area contributed by atoms with Crippen molar-refractivity contribution in [1.82, 2.24) is 4.90 Å². The van der Waals surface area contributed by atoms with Crippen LogP contribution in [-0.2, 0) is 4.74 Å². The maximum Gasteiger partial charge on any atom is 0.0589 e. The fraction of sp³-hybridized carbons (Fsp3) is 1.00. The molecule has 0 fully saturated rings. The van der Waals surface area contributed by atoms with Crippen molar-refractivity contribution < 1.29 is 4.74 Å². The normalized spacial score (nSPS) is 18.2. The molecule has 0 radical (unpaired) electrons. The van der Waals surface area contributed by atoms with Gasteiger partial charge in [0.15, 0.2) is 0 Å². The topological polar surface area (TPSA) is 38.5 Å². The van der Waals surface area contributed by atoms with Crippen LogP contribution >= 0.6 is 0 Å². The van der Waals surface area contributed by atoms with Crippen molar-refractivity contribution in [2.75, 3.05) is 20.3 Å². The van der Waals surface area contributed by atoms with E-state index in [0.717, 1.165) is 19.6 Å². The maximum absolute atomic E-state index is 6.21. The minimum absolute atomic E-state index is 0.167.